The predicted octanol–water partition coefficient (Wildman–Crippen LogP) is 2.23. The monoisotopic (exact) mass is 311 g/mol. The van der Waals surface area contributed by atoms with Gasteiger partial charge in [0.2, 0.25) is 23.1 Å². The SMILES string of the molecule is CC(C)(C)c1[nH]c2ccccc2c1C1C(=O)C(=O)CC(=O)C1=O. The first-order chi connectivity index (χ1) is 10.7. The fourth-order valence-electron chi connectivity index (χ4n) is 3.08. The third-order valence-corrected chi connectivity index (χ3v) is 4.18. The number of hydrogen-bond donors (Lipinski definition) is 1. The van der Waals surface area contributed by atoms with Crippen LogP contribution in [0.25, 0.3) is 10.9 Å². The largest absolute Gasteiger partial charge is 0.358 e. The van der Waals surface area contributed by atoms with Crippen LogP contribution in [-0.2, 0) is 24.6 Å². The lowest BCUT2D eigenvalue weighted by Gasteiger charge is -2.24. The van der Waals surface area contributed by atoms with Crippen molar-refractivity contribution in [2.75, 3.05) is 0 Å². The van der Waals surface area contributed by atoms with Crippen molar-refractivity contribution in [3.05, 3.63) is 35.5 Å². The van der Waals surface area contributed by atoms with Gasteiger partial charge in [0, 0.05) is 27.6 Å². The molecule has 0 spiro atoms. The van der Waals surface area contributed by atoms with Crippen LogP contribution in [0, 0.1) is 0 Å². The third-order valence-electron chi connectivity index (χ3n) is 4.18. The van der Waals surface area contributed by atoms with Crippen molar-refractivity contribution in [2.24, 2.45) is 0 Å². The molecule has 1 aliphatic carbocycles. The van der Waals surface area contributed by atoms with Crippen molar-refractivity contribution < 1.29 is 19.2 Å². The molecule has 2 aromatic rings. The molecule has 0 unspecified atom stereocenters. The van der Waals surface area contributed by atoms with Crippen LogP contribution in [0.5, 0.6) is 0 Å². The summed E-state index contributed by atoms with van der Waals surface area (Å²) >= 11 is 0. The van der Waals surface area contributed by atoms with Crippen LogP contribution in [0.2, 0.25) is 0 Å². The van der Waals surface area contributed by atoms with Crippen molar-refractivity contribution in [1.29, 1.82) is 0 Å². The van der Waals surface area contributed by atoms with E-state index in [4.69, 9.17) is 0 Å². The van der Waals surface area contributed by atoms with Gasteiger partial charge < -0.3 is 4.98 Å². The van der Waals surface area contributed by atoms with Crippen LogP contribution in [0.1, 0.15) is 44.4 Å². The molecule has 1 aromatic heterocycles. The lowest BCUT2D eigenvalue weighted by molar-refractivity contribution is -0.149. The first kappa shape index (κ1) is 15.3. The molecule has 1 N–H and O–H groups in total. The van der Waals surface area contributed by atoms with E-state index in [0.29, 0.717) is 16.6 Å². The zero-order chi connectivity index (χ0) is 16.9. The summed E-state index contributed by atoms with van der Waals surface area (Å²) in [5.41, 5.74) is 1.56. The Balaban J connectivity index is 2.33. The number of fused-ring (bicyclic) bond motifs is 1. The van der Waals surface area contributed by atoms with Crippen molar-refractivity contribution in [3.63, 3.8) is 0 Å². The highest BCUT2D eigenvalue weighted by molar-refractivity contribution is 6.61. The van der Waals surface area contributed by atoms with Gasteiger partial charge in [-0.1, -0.05) is 39.0 Å². The maximum atomic E-state index is 12.4. The standard InChI is InChI=1S/C18H17NO4/c1-18(2,3)17-13(9-6-4-5-7-10(9)19-17)14-15(22)11(20)8-12(21)16(14)23/h4-7,14,19H,8H2,1-3H3. The quantitative estimate of drug-likeness (QED) is 0.646. The van der Waals surface area contributed by atoms with E-state index in [-0.39, 0.29) is 5.41 Å². The van der Waals surface area contributed by atoms with E-state index in [0.717, 1.165) is 5.52 Å². The number of para-hydroxylation sites is 1. The number of rotatable bonds is 1. The van der Waals surface area contributed by atoms with Gasteiger partial charge in [0.25, 0.3) is 0 Å². The molecule has 3 rings (SSSR count). The highest BCUT2D eigenvalue weighted by atomic mass is 16.2. The Morgan fingerprint density at radius 3 is 2.09 bits per heavy atom. The van der Waals surface area contributed by atoms with Crippen molar-refractivity contribution in [1.82, 2.24) is 4.98 Å². The van der Waals surface area contributed by atoms with Gasteiger partial charge in [-0.2, -0.15) is 0 Å². The summed E-state index contributed by atoms with van der Waals surface area (Å²) in [7, 11) is 0. The molecule has 0 bridgehead atoms. The van der Waals surface area contributed by atoms with Gasteiger partial charge in [-0.25, -0.2) is 0 Å². The van der Waals surface area contributed by atoms with E-state index in [1.165, 1.54) is 0 Å². The van der Waals surface area contributed by atoms with Crippen LogP contribution >= 0.6 is 0 Å². The molecule has 0 saturated heterocycles. The van der Waals surface area contributed by atoms with E-state index in [9.17, 15) is 19.2 Å². The minimum absolute atomic E-state index is 0.377. The van der Waals surface area contributed by atoms with Crippen LogP contribution in [0.15, 0.2) is 24.3 Å². The molecular formula is C18H17NO4. The molecule has 1 heterocycles. The summed E-state index contributed by atoms with van der Waals surface area (Å²) in [6.07, 6.45) is -0.610. The fraction of sp³-hybridized carbons (Fsp3) is 0.333. The summed E-state index contributed by atoms with van der Waals surface area (Å²) in [6, 6.07) is 7.28. The summed E-state index contributed by atoms with van der Waals surface area (Å²) < 4.78 is 0. The number of aromatic amines is 1. The second kappa shape index (κ2) is 4.98. The molecule has 1 saturated carbocycles. The van der Waals surface area contributed by atoms with Gasteiger partial charge in [-0.05, 0) is 6.07 Å². The highest BCUT2D eigenvalue weighted by Crippen LogP contribution is 2.38. The topological polar surface area (TPSA) is 84.1 Å². The Kier molecular flexibility index (Phi) is 3.32. The first-order valence-corrected chi connectivity index (χ1v) is 7.47. The molecule has 0 aliphatic heterocycles. The summed E-state index contributed by atoms with van der Waals surface area (Å²) in [5.74, 6) is -4.47. The van der Waals surface area contributed by atoms with E-state index < -0.39 is 35.5 Å². The van der Waals surface area contributed by atoms with Crippen LogP contribution in [0.4, 0.5) is 0 Å². The molecule has 5 nitrogen and oxygen atoms in total. The Morgan fingerprint density at radius 2 is 1.52 bits per heavy atom. The van der Waals surface area contributed by atoms with E-state index in [2.05, 4.69) is 4.98 Å². The van der Waals surface area contributed by atoms with Crippen LogP contribution in [0.3, 0.4) is 0 Å². The average Bonchev–Trinajstić information content (AvgIpc) is 2.85. The summed E-state index contributed by atoms with van der Waals surface area (Å²) in [4.78, 5) is 51.6. The smallest absolute Gasteiger partial charge is 0.214 e. The summed E-state index contributed by atoms with van der Waals surface area (Å²) in [6.45, 7) is 5.84. The number of hydrogen-bond acceptors (Lipinski definition) is 4. The lowest BCUT2D eigenvalue weighted by atomic mass is 9.76. The number of ketones is 4. The van der Waals surface area contributed by atoms with Gasteiger partial charge in [0.15, 0.2) is 0 Å². The zero-order valence-corrected chi connectivity index (χ0v) is 13.2. The van der Waals surface area contributed by atoms with Crippen LogP contribution < -0.4 is 0 Å². The first-order valence-electron chi connectivity index (χ1n) is 7.47. The third kappa shape index (κ3) is 2.32. The second-order valence-corrected chi connectivity index (χ2v) is 6.89. The van der Waals surface area contributed by atoms with Crippen molar-refractivity contribution in [3.8, 4) is 0 Å². The molecule has 0 radical (unpaired) electrons. The normalized spacial score (nSPS) is 17.3. The number of Topliss-reactive ketones (excluding diaryl/α,β-unsaturated/α-hetero) is 4. The Morgan fingerprint density at radius 1 is 0.957 bits per heavy atom. The number of carbonyl (C=O) groups excluding carboxylic acids is 4. The second-order valence-electron chi connectivity index (χ2n) is 6.89. The van der Waals surface area contributed by atoms with Crippen molar-refractivity contribution >= 4 is 34.0 Å². The number of carbonyl (C=O) groups is 4. The lowest BCUT2D eigenvalue weighted by Crippen LogP contribution is -2.41. The molecule has 118 valence electrons. The number of H-pyrrole nitrogens is 1. The van der Waals surface area contributed by atoms with E-state index >= 15 is 0 Å². The minimum atomic E-state index is -1.32. The Hall–Kier alpha value is -2.56. The molecule has 1 fully saturated rings. The Bertz CT molecular complexity index is 841. The highest BCUT2D eigenvalue weighted by Gasteiger charge is 2.45. The molecule has 1 aromatic carbocycles. The zero-order valence-electron chi connectivity index (χ0n) is 13.2. The van der Waals surface area contributed by atoms with Gasteiger partial charge in [-0.15, -0.1) is 0 Å². The van der Waals surface area contributed by atoms with Gasteiger partial charge in [-0.3, -0.25) is 19.2 Å². The molecule has 0 atom stereocenters. The minimum Gasteiger partial charge on any atom is -0.358 e. The Labute approximate surface area is 133 Å². The van der Waals surface area contributed by atoms with E-state index in [1.807, 2.05) is 32.9 Å². The molecule has 0 amide bonds. The molecule has 5 heteroatoms. The average molecular weight is 311 g/mol. The van der Waals surface area contributed by atoms with Crippen molar-refractivity contribution in [2.45, 2.75) is 38.5 Å². The number of nitrogens with one attached hydrogen (secondary N) is 1. The number of aromatic nitrogens is 1. The molecule has 1 aliphatic rings. The van der Waals surface area contributed by atoms with Crippen LogP contribution in [-0.4, -0.2) is 28.1 Å². The molecular weight excluding hydrogens is 294 g/mol. The maximum Gasteiger partial charge on any atom is 0.214 e. The summed E-state index contributed by atoms with van der Waals surface area (Å²) in [5, 5.41) is 0.701. The van der Waals surface area contributed by atoms with Gasteiger partial charge in [0.05, 0.1) is 6.42 Å². The maximum absolute atomic E-state index is 12.4. The fourth-order valence-corrected chi connectivity index (χ4v) is 3.08. The molecule has 23 heavy (non-hydrogen) atoms. The predicted molar refractivity (Wildman–Crippen MR) is 84.4 cm³/mol. The number of benzene rings is 1. The van der Waals surface area contributed by atoms with Gasteiger partial charge >= 0.3 is 0 Å². The van der Waals surface area contributed by atoms with E-state index in [1.54, 1.807) is 12.1 Å². The van der Waals surface area contributed by atoms with Gasteiger partial charge in [0.1, 0.15) is 5.92 Å².